The Hall–Kier alpha value is 0.300. The molecule has 0 amide bonds. The van der Waals surface area contributed by atoms with Crippen molar-refractivity contribution in [3.05, 3.63) is 11.6 Å². The van der Waals surface area contributed by atoms with Crippen LogP contribution in [-0.4, -0.2) is 34.8 Å². The number of Topliss-reactive ketones (excluding diaryl/α,β-unsaturated/α-hetero) is 1. The summed E-state index contributed by atoms with van der Waals surface area (Å²) in [6, 6.07) is 0. The van der Waals surface area contributed by atoms with Crippen LogP contribution in [0.1, 0.15) is 65.2 Å². The molecule has 7 atom stereocenters. The van der Waals surface area contributed by atoms with Crippen LogP contribution in [0.4, 0.5) is 0 Å². The van der Waals surface area contributed by atoms with Gasteiger partial charge in [0.05, 0.1) is 11.5 Å². The lowest BCUT2D eigenvalue weighted by molar-refractivity contribution is -0.128. The van der Waals surface area contributed by atoms with E-state index in [9.17, 15) is 4.79 Å². The van der Waals surface area contributed by atoms with Gasteiger partial charge in [0.25, 0.3) is 0 Å². The fourth-order valence-electron chi connectivity index (χ4n) is 7.89. The van der Waals surface area contributed by atoms with Gasteiger partial charge < -0.3 is 4.74 Å². The van der Waals surface area contributed by atoms with Crippen molar-refractivity contribution >= 4 is 40.7 Å². The summed E-state index contributed by atoms with van der Waals surface area (Å²) in [5.74, 6) is 2.07. The molecule has 0 spiro atoms. The molecule has 0 radical (unpaired) electrons. The molecule has 5 heteroatoms. The first-order valence-corrected chi connectivity index (χ1v) is 12.9. The topological polar surface area (TPSA) is 26.3 Å². The summed E-state index contributed by atoms with van der Waals surface area (Å²) in [7, 11) is 1.85. The lowest BCUT2D eigenvalue weighted by Gasteiger charge is -2.60. The number of hydrogen-bond donors (Lipinski definition) is 0. The predicted molar refractivity (Wildman–Crippen MR) is 119 cm³/mol. The summed E-state index contributed by atoms with van der Waals surface area (Å²) in [6.07, 6.45) is 13.9. The molecule has 3 fully saturated rings. The predicted octanol–water partition coefficient (Wildman–Crippen LogP) is 6.44. The van der Waals surface area contributed by atoms with E-state index in [2.05, 4.69) is 19.3 Å². The van der Waals surface area contributed by atoms with Crippen molar-refractivity contribution in [1.29, 1.82) is 0 Å². The van der Waals surface area contributed by atoms with Crippen molar-refractivity contribution in [2.45, 2.75) is 80.9 Å². The van der Waals surface area contributed by atoms with Crippen LogP contribution in [0, 0.1) is 28.6 Å². The second kappa shape index (κ2) is 7.46. The van der Waals surface area contributed by atoms with Crippen molar-refractivity contribution in [3.63, 3.8) is 0 Å². The highest BCUT2D eigenvalue weighted by atomic mass is 35.5. The van der Waals surface area contributed by atoms with Crippen molar-refractivity contribution in [2.75, 3.05) is 13.4 Å². The van der Waals surface area contributed by atoms with Gasteiger partial charge in [-0.15, -0.1) is 23.2 Å². The molecule has 0 heterocycles. The van der Waals surface area contributed by atoms with E-state index in [1.54, 1.807) is 12.5 Å². The fraction of sp³-hybridized carbons (Fsp3) is 0.870. The van der Waals surface area contributed by atoms with E-state index in [4.69, 9.17) is 27.9 Å². The number of rotatable bonds is 4. The van der Waals surface area contributed by atoms with Crippen LogP contribution in [0.25, 0.3) is 0 Å². The number of allylic oxidation sites excluding steroid dienone is 1. The standard InChI is InChI=1S/C23H34Cl2O2S/c1-14(26)22(20(24)25)11-8-19-17-6-5-15-13-16(27-3)7-10-21(15,2)18(17)9-12-23(19,22)28-4/h5,16-20H,6-13H2,1-4H3. The Morgan fingerprint density at radius 3 is 2.54 bits per heavy atom. The molecule has 4 rings (SSSR count). The van der Waals surface area contributed by atoms with Gasteiger partial charge in [-0.2, -0.15) is 11.8 Å². The third kappa shape index (κ3) is 2.68. The number of thioether (sulfide) groups is 1. The molecule has 4 aliphatic carbocycles. The van der Waals surface area contributed by atoms with Gasteiger partial charge in [-0.25, -0.2) is 0 Å². The monoisotopic (exact) mass is 444 g/mol. The highest BCUT2D eigenvalue weighted by Crippen LogP contribution is 2.71. The molecular formula is C23H34Cl2O2S. The van der Waals surface area contributed by atoms with Gasteiger partial charge in [-0.05, 0) is 87.7 Å². The van der Waals surface area contributed by atoms with Crippen LogP contribution < -0.4 is 0 Å². The first-order chi connectivity index (χ1) is 13.3. The Morgan fingerprint density at radius 2 is 1.93 bits per heavy atom. The maximum Gasteiger partial charge on any atom is 0.140 e. The van der Waals surface area contributed by atoms with E-state index in [-0.39, 0.29) is 10.5 Å². The molecule has 0 bridgehead atoms. The Morgan fingerprint density at radius 1 is 1.21 bits per heavy atom. The van der Waals surface area contributed by atoms with Crippen LogP contribution in [-0.2, 0) is 9.53 Å². The molecule has 0 N–H and O–H groups in total. The minimum absolute atomic E-state index is 0.112. The van der Waals surface area contributed by atoms with E-state index in [0.717, 1.165) is 38.5 Å². The number of carbonyl (C=O) groups is 1. The van der Waals surface area contributed by atoms with Crippen molar-refractivity contribution in [2.24, 2.45) is 28.6 Å². The molecular weight excluding hydrogens is 411 g/mol. The van der Waals surface area contributed by atoms with Gasteiger partial charge in [-0.1, -0.05) is 18.6 Å². The molecule has 28 heavy (non-hydrogen) atoms. The van der Waals surface area contributed by atoms with Crippen LogP contribution in [0.3, 0.4) is 0 Å². The highest BCUT2D eigenvalue weighted by Gasteiger charge is 2.69. The van der Waals surface area contributed by atoms with Gasteiger partial charge >= 0.3 is 0 Å². The zero-order valence-electron chi connectivity index (χ0n) is 17.6. The lowest BCUT2D eigenvalue weighted by Crippen LogP contribution is -2.59. The smallest absolute Gasteiger partial charge is 0.140 e. The summed E-state index contributed by atoms with van der Waals surface area (Å²) >= 11 is 15.0. The van der Waals surface area contributed by atoms with E-state index in [1.165, 1.54) is 12.8 Å². The Kier molecular flexibility index (Phi) is 5.74. The molecule has 0 aromatic carbocycles. The highest BCUT2D eigenvalue weighted by molar-refractivity contribution is 8.00. The van der Waals surface area contributed by atoms with Crippen LogP contribution >= 0.6 is 35.0 Å². The summed E-state index contributed by atoms with van der Waals surface area (Å²) < 4.78 is 5.58. The van der Waals surface area contributed by atoms with Gasteiger partial charge in [-0.3, -0.25) is 4.79 Å². The molecule has 0 aliphatic heterocycles. The van der Waals surface area contributed by atoms with Crippen LogP contribution in [0.15, 0.2) is 11.6 Å². The van der Waals surface area contributed by atoms with Crippen LogP contribution in [0.5, 0.6) is 0 Å². The minimum Gasteiger partial charge on any atom is -0.381 e. The number of fused-ring (bicyclic) bond motifs is 5. The van der Waals surface area contributed by atoms with Crippen LogP contribution in [0.2, 0.25) is 0 Å². The van der Waals surface area contributed by atoms with E-state index in [1.807, 2.05) is 18.9 Å². The van der Waals surface area contributed by atoms with E-state index in [0.29, 0.717) is 29.3 Å². The minimum atomic E-state index is -0.624. The maximum atomic E-state index is 12.9. The van der Waals surface area contributed by atoms with Crippen molar-refractivity contribution < 1.29 is 9.53 Å². The van der Waals surface area contributed by atoms with Gasteiger partial charge in [0.15, 0.2) is 0 Å². The first-order valence-electron chi connectivity index (χ1n) is 10.8. The number of hydrogen-bond acceptors (Lipinski definition) is 3. The van der Waals surface area contributed by atoms with E-state index < -0.39 is 10.3 Å². The third-order valence-electron chi connectivity index (χ3n) is 9.38. The largest absolute Gasteiger partial charge is 0.381 e. The number of halogens is 2. The SMILES string of the molecule is COC1CCC2(C)C(=CCC3C2CCC2(SC)C3CCC2(C(C)=O)C(Cl)Cl)C1. The molecule has 0 saturated heterocycles. The number of ketones is 1. The Labute approximate surface area is 184 Å². The first kappa shape index (κ1) is 21.5. The average Bonchev–Trinajstić information content (AvgIpc) is 3.04. The summed E-state index contributed by atoms with van der Waals surface area (Å²) in [5.41, 5.74) is 1.33. The third-order valence-corrected chi connectivity index (χ3v) is 11.7. The summed E-state index contributed by atoms with van der Waals surface area (Å²) in [5, 5.41) is 0. The maximum absolute atomic E-state index is 12.9. The Balaban J connectivity index is 1.72. The Bertz CT molecular complexity index is 680. The number of methoxy groups -OCH3 is 1. The molecule has 0 aromatic heterocycles. The average molecular weight is 445 g/mol. The number of alkyl halides is 2. The molecule has 3 saturated carbocycles. The van der Waals surface area contributed by atoms with E-state index >= 15 is 0 Å². The molecule has 7 unspecified atom stereocenters. The van der Waals surface area contributed by atoms with Gasteiger partial charge in [0.2, 0.25) is 0 Å². The van der Waals surface area contributed by atoms with Crippen molar-refractivity contribution in [1.82, 2.24) is 0 Å². The second-order valence-corrected chi connectivity index (χ2v) is 12.1. The molecule has 2 nitrogen and oxygen atoms in total. The normalized spacial score (nSPS) is 47.9. The lowest BCUT2D eigenvalue weighted by atomic mass is 9.49. The van der Waals surface area contributed by atoms with Gasteiger partial charge in [0.1, 0.15) is 10.6 Å². The zero-order valence-corrected chi connectivity index (χ0v) is 19.9. The zero-order chi connectivity index (χ0) is 20.3. The number of ether oxygens (including phenoxy) is 1. The quantitative estimate of drug-likeness (QED) is 0.368. The molecule has 4 aliphatic rings. The second-order valence-electron chi connectivity index (χ2n) is 9.86. The fourth-order valence-corrected chi connectivity index (χ4v) is 10.6. The molecule has 0 aromatic rings. The summed E-state index contributed by atoms with van der Waals surface area (Å²) in [4.78, 5) is 12.3. The summed E-state index contributed by atoms with van der Waals surface area (Å²) in [6.45, 7) is 4.23. The van der Waals surface area contributed by atoms with Crippen molar-refractivity contribution in [3.8, 4) is 0 Å². The molecule has 158 valence electrons. The number of carbonyl (C=O) groups excluding carboxylic acids is 1. The van der Waals surface area contributed by atoms with Gasteiger partial charge in [0, 0.05) is 11.9 Å².